The van der Waals surface area contributed by atoms with Crippen LogP contribution in [0.15, 0.2) is 91.1 Å². The molecule has 5 rings (SSSR count). The summed E-state index contributed by atoms with van der Waals surface area (Å²) in [5, 5.41) is 5.70. The number of imidazole rings is 1. The van der Waals surface area contributed by atoms with E-state index in [4.69, 9.17) is 5.73 Å². The fourth-order valence-electron chi connectivity index (χ4n) is 4.09. The van der Waals surface area contributed by atoms with Gasteiger partial charge in [0.25, 0.3) is 5.91 Å². The fraction of sp³-hybridized carbons (Fsp3) is 0.107. The van der Waals surface area contributed by atoms with Gasteiger partial charge in [0, 0.05) is 30.2 Å². The van der Waals surface area contributed by atoms with Crippen LogP contribution in [0.1, 0.15) is 10.4 Å². The number of H-pyrrole nitrogens is 1. The highest BCUT2D eigenvalue weighted by Crippen LogP contribution is 2.25. The first-order chi connectivity index (χ1) is 18.5. The van der Waals surface area contributed by atoms with Crippen molar-refractivity contribution in [2.75, 3.05) is 23.8 Å². The Morgan fingerprint density at radius 3 is 2.26 bits per heavy atom. The van der Waals surface area contributed by atoms with E-state index in [0.29, 0.717) is 34.1 Å². The molecular formula is C28H26N8O2. The van der Waals surface area contributed by atoms with Gasteiger partial charge in [0.2, 0.25) is 11.9 Å². The number of anilines is 3. The summed E-state index contributed by atoms with van der Waals surface area (Å²) < 4.78 is 0. The predicted octanol–water partition coefficient (Wildman–Crippen LogP) is 3.48. The molecule has 0 bridgehead atoms. The minimum absolute atomic E-state index is 0.160. The number of carbonyl (C=O) groups excluding carboxylic acids is 2. The third-order valence-corrected chi connectivity index (χ3v) is 6.02. The third-order valence-electron chi connectivity index (χ3n) is 6.02. The Kier molecular flexibility index (Phi) is 6.94. The van der Waals surface area contributed by atoms with Crippen molar-refractivity contribution in [3.8, 4) is 11.5 Å². The first kappa shape index (κ1) is 24.4. The Balaban J connectivity index is 1.38. The standard InChI is InChI=1S/C28H26N8O2/c1-30-28-31-15-14-22(35-28)26-32-21-13-12-18(16-23(21)33-26)27(38)34-24(25(29)37)17-36(19-8-4-2-5-9-19)20-10-6-3-7-11-20/h2-16,24H,17H2,1H3,(H2,29,37)(H,32,33)(H,34,38)(H,30,31,35). The summed E-state index contributed by atoms with van der Waals surface area (Å²) in [6.45, 7) is 0.160. The van der Waals surface area contributed by atoms with Gasteiger partial charge < -0.3 is 26.3 Å². The fourth-order valence-corrected chi connectivity index (χ4v) is 4.09. The van der Waals surface area contributed by atoms with E-state index in [-0.39, 0.29) is 6.54 Å². The van der Waals surface area contributed by atoms with Crippen LogP contribution in [0.25, 0.3) is 22.6 Å². The zero-order valence-electron chi connectivity index (χ0n) is 20.6. The molecule has 2 heterocycles. The summed E-state index contributed by atoms with van der Waals surface area (Å²) in [5.74, 6) is -0.0370. The number of aromatic amines is 1. The number of primary amides is 1. The van der Waals surface area contributed by atoms with Gasteiger partial charge in [-0.2, -0.15) is 0 Å². The molecule has 0 aliphatic rings. The molecule has 190 valence electrons. The zero-order chi connectivity index (χ0) is 26.5. The highest BCUT2D eigenvalue weighted by molar-refractivity contribution is 6.00. The summed E-state index contributed by atoms with van der Waals surface area (Å²) in [4.78, 5) is 43.9. The molecule has 10 nitrogen and oxygen atoms in total. The van der Waals surface area contributed by atoms with Gasteiger partial charge in [-0.15, -0.1) is 0 Å². The lowest BCUT2D eigenvalue weighted by Gasteiger charge is -2.29. The molecule has 0 aliphatic carbocycles. The largest absolute Gasteiger partial charge is 0.368 e. The quantitative estimate of drug-likeness (QED) is 0.240. The molecule has 5 N–H and O–H groups in total. The second-order valence-electron chi connectivity index (χ2n) is 8.54. The highest BCUT2D eigenvalue weighted by atomic mass is 16.2. The second-order valence-corrected chi connectivity index (χ2v) is 8.54. The van der Waals surface area contributed by atoms with Crippen LogP contribution < -0.4 is 21.3 Å². The number of nitrogens with two attached hydrogens (primary N) is 1. The van der Waals surface area contributed by atoms with E-state index in [1.54, 1.807) is 37.5 Å². The molecule has 0 saturated carbocycles. The summed E-state index contributed by atoms with van der Waals surface area (Å²) in [6.07, 6.45) is 1.64. The van der Waals surface area contributed by atoms with Crippen molar-refractivity contribution in [2.45, 2.75) is 6.04 Å². The molecule has 2 amide bonds. The number of carbonyl (C=O) groups is 2. The van der Waals surface area contributed by atoms with E-state index in [9.17, 15) is 9.59 Å². The van der Waals surface area contributed by atoms with Gasteiger partial charge in [-0.05, 0) is 48.5 Å². The van der Waals surface area contributed by atoms with Crippen LogP contribution >= 0.6 is 0 Å². The molecule has 38 heavy (non-hydrogen) atoms. The molecule has 2 aromatic heterocycles. The number of fused-ring (bicyclic) bond motifs is 1. The molecule has 0 aliphatic heterocycles. The van der Waals surface area contributed by atoms with Crippen molar-refractivity contribution in [3.05, 3.63) is 96.7 Å². The van der Waals surface area contributed by atoms with Crippen LogP contribution in [0, 0.1) is 0 Å². The molecule has 5 aromatic rings. The number of para-hydroxylation sites is 2. The SMILES string of the molecule is CNc1nccc(-c2nc3ccc(C(=O)NC(CN(c4ccccc4)c4ccccc4)C(N)=O)cc3[nH]2)n1. The van der Waals surface area contributed by atoms with E-state index >= 15 is 0 Å². The number of rotatable bonds is 9. The lowest BCUT2D eigenvalue weighted by molar-refractivity contribution is -0.119. The maximum atomic E-state index is 13.2. The number of benzene rings is 3. The number of aromatic nitrogens is 4. The van der Waals surface area contributed by atoms with E-state index in [0.717, 1.165) is 11.4 Å². The van der Waals surface area contributed by atoms with E-state index in [2.05, 4.69) is 30.6 Å². The summed E-state index contributed by atoms with van der Waals surface area (Å²) in [5.41, 5.74) is 9.79. The first-order valence-corrected chi connectivity index (χ1v) is 12.0. The van der Waals surface area contributed by atoms with Crippen molar-refractivity contribution in [1.82, 2.24) is 25.3 Å². The molecular weight excluding hydrogens is 480 g/mol. The third kappa shape index (κ3) is 5.29. The van der Waals surface area contributed by atoms with E-state index < -0.39 is 17.9 Å². The minimum Gasteiger partial charge on any atom is -0.368 e. The lowest BCUT2D eigenvalue weighted by Crippen LogP contribution is -2.50. The predicted molar refractivity (Wildman–Crippen MR) is 147 cm³/mol. The Labute approximate surface area is 218 Å². The Morgan fingerprint density at radius 2 is 1.63 bits per heavy atom. The minimum atomic E-state index is -0.947. The lowest BCUT2D eigenvalue weighted by atomic mass is 10.1. The van der Waals surface area contributed by atoms with Crippen LogP contribution in [-0.4, -0.2) is 51.4 Å². The van der Waals surface area contributed by atoms with Gasteiger partial charge in [-0.3, -0.25) is 9.59 Å². The number of nitrogens with one attached hydrogen (secondary N) is 3. The molecule has 0 radical (unpaired) electrons. The first-order valence-electron chi connectivity index (χ1n) is 12.0. The molecule has 3 aromatic carbocycles. The van der Waals surface area contributed by atoms with E-state index in [1.165, 1.54) is 0 Å². The molecule has 10 heteroatoms. The maximum absolute atomic E-state index is 13.2. The Hall–Kier alpha value is -5.25. The molecule has 1 atom stereocenters. The van der Waals surface area contributed by atoms with Gasteiger partial charge in [-0.25, -0.2) is 15.0 Å². The monoisotopic (exact) mass is 506 g/mol. The summed E-state index contributed by atoms with van der Waals surface area (Å²) in [6, 6.07) is 25.1. The Bertz CT molecular complexity index is 1530. The number of nitrogens with zero attached hydrogens (tertiary/aromatic N) is 4. The number of amides is 2. The second kappa shape index (κ2) is 10.8. The average Bonchev–Trinajstić information content (AvgIpc) is 3.39. The van der Waals surface area contributed by atoms with Crippen LogP contribution in [0.4, 0.5) is 17.3 Å². The number of hydrogen-bond acceptors (Lipinski definition) is 7. The van der Waals surface area contributed by atoms with Crippen molar-refractivity contribution >= 4 is 40.2 Å². The van der Waals surface area contributed by atoms with Gasteiger partial charge in [0.15, 0.2) is 5.82 Å². The van der Waals surface area contributed by atoms with Gasteiger partial charge in [0.05, 0.1) is 17.6 Å². The summed E-state index contributed by atoms with van der Waals surface area (Å²) >= 11 is 0. The molecule has 1 unspecified atom stereocenters. The molecule has 0 spiro atoms. The summed E-state index contributed by atoms with van der Waals surface area (Å²) in [7, 11) is 1.74. The van der Waals surface area contributed by atoms with Crippen molar-refractivity contribution in [2.24, 2.45) is 5.73 Å². The van der Waals surface area contributed by atoms with Crippen molar-refractivity contribution in [3.63, 3.8) is 0 Å². The zero-order valence-corrected chi connectivity index (χ0v) is 20.6. The Morgan fingerprint density at radius 1 is 0.947 bits per heavy atom. The van der Waals surface area contributed by atoms with E-state index in [1.807, 2.05) is 65.6 Å². The topological polar surface area (TPSA) is 142 Å². The van der Waals surface area contributed by atoms with Crippen LogP contribution in [0.3, 0.4) is 0 Å². The van der Waals surface area contributed by atoms with Crippen molar-refractivity contribution in [1.29, 1.82) is 0 Å². The van der Waals surface area contributed by atoms with Gasteiger partial charge >= 0.3 is 0 Å². The molecule has 0 fully saturated rings. The highest BCUT2D eigenvalue weighted by Gasteiger charge is 2.24. The molecule has 0 saturated heterocycles. The van der Waals surface area contributed by atoms with Crippen LogP contribution in [0.5, 0.6) is 0 Å². The van der Waals surface area contributed by atoms with Crippen molar-refractivity contribution < 1.29 is 9.59 Å². The van der Waals surface area contributed by atoms with Gasteiger partial charge in [0.1, 0.15) is 11.7 Å². The maximum Gasteiger partial charge on any atom is 0.252 e. The number of hydrogen-bond donors (Lipinski definition) is 4. The normalized spacial score (nSPS) is 11.6. The van der Waals surface area contributed by atoms with Crippen LogP contribution in [0.2, 0.25) is 0 Å². The smallest absolute Gasteiger partial charge is 0.252 e. The van der Waals surface area contributed by atoms with Crippen LogP contribution in [-0.2, 0) is 4.79 Å². The van der Waals surface area contributed by atoms with Gasteiger partial charge in [-0.1, -0.05) is 36.4 Å². The average molecular weight is 507 g/mol.